The van der Waals surface area contributed by atoms with E-state index in [0.717, 1.165) is 5.56 Å². The van der Waals surface area contributed by atoms with Gasteiger partial charge in [-0.1, -0.05) is 0 Å². The Morgan fingerprint density at radius 1 is 1.32 bits per heavy atom. The van der Waals surface area contributed by atoms with Crippen LogP contribution in [0.25, 0.3) is 17.0 Å². The van der Waals surface area contributed by atoms with Gasteiger partial charge in [0.1, 0.15) is 28.6 Å². The maximum atomic E-state index is 11.6. The molecule has 0 bridgehead atoms. The number of fused-ring (bicyclic) bond motifs is 3. The van der Waals surface area contributed by atoms with Crippen LogP contribution >= 0.6 is 0 Å². The Morgan fingerprint density at radius 2 is 2.11 bits per heavy atom. The van der Waals surface area contributed by atoms with Crippen LogP contribution in [-0.4, -0.2) is 5.60 Å². The summed E-state index contributed by atoms with van der Waals surface area (Å²) in [6.07, 6.45) is 3.79. The van der Waals surface area contributed by atoms with Gasteiger partial charge in [-0.05, 0) is 44.2 Å². The summed E-state index contributed by atoms with van der Waals surface area (Å²) < 4.78 is 11.1. The van der Waals surface area contributed by atoms with Crippen molar-refractivity contribution in [2.45, 2.75) is 19.4 Å². The molecule has 1 aromatic heterocycles. The predicted octanol–water partition coefficient (Wildman–Crippen LogP) is 2.85. The minimum absolute atomic E-state index is 0.00786. The van der Waals surface area contributed by atoms with E-state index in [2.05, 4.69) is 0 Å². The van der Waals surface area contributed by atoms with Crippen LogP contribution in [0.3, 0.4) is 0 Å². The summed E-state index contributed by atoms with van der Waals surface area (Å²) >= 11 is 0. The summed E-state index contributed by atoms with van der Waals surface area (Å²) in [5, 5.41) is 9.55. The summed E-state index contributed by atoms with van der Waals surface area (Å²) in [5.41, 5.74) is 0.190. The van der Waals surface area contributed by atoms with Crippen molar-refractivity contribution in [2.24, 2.45) is 0 Å². The van der Waals surface area contributed by atoms with Gasteiger partial charge >= 0.3 is 5.63 Å². The Morgan fingerprint density at radius 3 is 2.84 bits per heavy atom. The van der Waals surface area contributed by atoms with Gasteiger partial charge in [0.05, 0.1) is 5.56 Å². The smallest absolute Gasteiger partial charge is 0.354 e. The van der Waals surface area contributed by atoms with E-state index in [0.29, 0.717) is 16.7 Å². The predicted molar refractivity (Wildman–Crippen MR) is 70.9 cm³/mol. The van der Waals surface area contributed by atoms with Crippen LogP contribution in [0, 0.1) is 11.3 Å². The Balaban J connectivity index is 2.33. The van der Waals surface area contributed by atoms with E-state index < -0.39 is 5.63 Å². The second-order valence-electron chi connectivity index (χ2n) is 4.99. The van der Waals surface area contributed by atoms with Crippen LogP contribution in [0.15, 0.2) is 33.5 Å². The quantitative estimate of drug-likeness (QED) is 0.677. The van der Waals surface area contributed by atoms with Gasteiger partial charge in [0.2, 0.25) is 0 Å². The van der Waals surface area contributed by atoms with Crippen molar-refractivity contribution in [1.82, 2.24) is 0 Å². The summed E-state index contributed by atoms with van der Waals surface area (Å²) in [6, 6.07) is 6.97. The van der Waals surface area contributed by atoms with Crippen LogP contribution in [-0.2, 0) is 0 Å². The van der Waals surface area contributed by atoms with E-state index in [9.17, 15) is 4.79 Å². The fourth-order valence-electron chi connectivity index (χ4n) is 2.11. The molecule has 1 aromatic carbocycles. The minimum Gasteiger partial charge on any atom is -0.483 e. The molecule has 0 radical (unpaired) electrons. The molecule has 0 N–H and O–H groups in total. The van der Waals surface area contributed by atoms with Crippen LogP contribution in [0.5, 0.6) is 5.75 Å². The largest absolute Gasteiger partial charge is 0.483 e. The van der Waals surface area contributed by atoms with Crippen LogP contribution in [0.1, 0.15) is 25.0 Å². The molecular formula is C15H11NO3. The lowest BCUT2D eigenvalue weighted by Crippen LogP contribution is -2.27. The normalized spacial score (nSPS) is 15.6. The van der Waals surface area contributed by atoms with Crippen molar-refractivity contribution in [1.29, 1.82) is 5.26 Å². The number of benzene rings is 1. The fourth-order valence-corrected chi connectivity index (χ4v) is 2.11. The summed E-state index contributed by atoms with van der Waals surface area (Å²) in [4.78, 5) is 11.6. The lowest BCUT2D eigenvalue weighted by Gasteiger charge is -2.27. The van der Waals surface area contributed by atoms with Gasteiger partial charge in [0.25, 0.3) is 0 Å². The average molecular weight is 253 g/mol. The van der Waals surface area contributed by atoms with Gasteiger partial charge in [-0.25, -0.2) is 4.79 Å². The zero-order valence-electron chi connectivity index (χ0n) is 10.6. The number of hydrogen-bond donors (Lipinski definition) is 0. The van der Waals surface area contributed by atoms with Gasteiger partial charge in [-0.3, -0.25) is 0 Å². The van der Waals surface area contributed by atoms with Crippen LogP contribution < -0.4 is 10.4 Å². The highest BCUT2D eigenvalue weighted by Gasteiger charge is 2.23. The first-order valence-corrected chi connectivity index (χ1v) is 5.89. The first-order chi connectivity index (χ1) is 9.00. The number of hydrogen-bond acceptors (Lipinski definition) is 4. The molecule has 0 aliphatic carbocycles. The van der Waals surface area contributed by atoms with Gasteiger partial charge in [-0.15, -0.1) is 0 Å². The second kappa shape index (κ2) is 3.72. The number of nitrogens with zero attached hydrogens (tertiary/aromatic N) is 1. The molecule has 2 aromatic rings. The molecule has 0 saturated carbocycles. The van der Waals surface area contributed by atoms with E-state index in [1.807, 2.05) is 38.1 Å². The lowest BCUT2D eigenvalue weighted by molar-refractivity contribution is 0.159. The molecule has 0 atom stereocenters. The maximum Gasteiger partial charge on any atom is 0.354 e. The van der Waals surface area contributed by atoms with Crippen molar-refractivity contribution in [3.8, 4) is 11.8 Å². The van der Waals surface area contributed by atoms with Crippen molar-refractivity contribution in [3.05, 3.63) is 45.8 Å². The molecule has 1 aliphatic rings. The third-order valence-corrected chi connectivity index (χ3v) is 3.05. The molecule has 0 spiro atoms. The lowest BCUT2D eigenvalue weighted by atomic mass is 10.0. The number of nitriles is 1. The van der Waals surface area contributed by atoms with E-state index >= 15 is 0 Å². The molecule has 0 unspecified atom stereocenters. The average Bonchev–Trinajstić information content (AvgIpc) is 2.36. The summed E-state index contributed by atoms with van der Waals surface area (Å²) in [5.74, 6) is 0.674. The Labute approximate surface area is 109 Å². The fraction of sp³-hybridized carbons (Fsp3) is 0.200. The Hall–Kier alpha value is -2.54. The molecule has 94 valence electrons. The Kier molecular flexibility index (Phi) is 2.26. The highest BCUT2D eigenvalue weighted by atomic mass is 16.5. The van der Waals surface area contributed by atoms with E-state index in [4.69, 9.17) is 14.4 Å². The molecule has 0 amide bonds. The van der Waals surface area contributed by atoms with E-state index in [-0.39, 0.29) is 11.2 Å². The second-order valence-corrected chi connectivity index (χ2v) is 4.99. The minimum atomic E-state index is -0.623. The van der Waals surface area contributed by atoms with Gasteiger partial charge in [0, 0.05) is 5.39 Å². The monoisotopic (exact) mass is 253 g/mol. The topological polar surface area (TPSA) is 63.2 Å². The first-order valence-electron chi connectivity index (χ1n) is 5.89. The number of ether oxygens (including phenoxy) is 1. The van der Waals surface area contributed by atoms with Crippen LogP contribution in [0.4, 0.5) is 0 Å². The third kappa shape index (κ3) is 1.80. The summed E-state index contributed by atoms with van der Waals surface area (Å²) in [6.45, 7) is 3.90. The molecule has 1 aliphatic heterocycles. The van der Waals surface area contributed by atoms with E-state index in [1.54, 1.807) is 6.07 Å². The van der Waals surface area contributed by atoms with Gasteiger partial charge in [-0.2, -0.15) is 5.26 Å². The molecule has 3 rings (SSSR count). The maximum absolute atomic E-state index is 11.6. The molecular weight excluding hydrogens is 242 g/mol. The molecule has 4 nitrogen and oxygen atoms in total. The molecule has 4 heteroatoms. The molecule has 0 fully saturated rings. The van der Waals surface area contributed by atoms with Gasteiger partial charge in [0.15, 0.2) is 0 Å². The highest BCUT2D eigenvalue weighted by molar-refractivity contribution is 5.89. The molecule has 19 heavy (non-hydrogen) atoms. The summed E-state index contributed by atoms with van der Waals surface area (Å²) in [7, 11) is 0. The third-order valence-electron chi connectivity index (χ3n) is 3.05. The van der Waals surface area contributed by atoms with E-state index in [1.165, 1.54) is 6.07 Å². The standard InChI is InChI=1S/C15H11NO3/c1-15(2)6-5-11-12(19-15)4-3-9-7-10(8-16)14(17)18-13(9)11/h3-7H,1-2H3. The van der Waals surface area contributed by atoms with Gasteiger partial charge < -0.3 is 9.15 Å². The number of rotatable bonds is 0. The highest BCUT2D eigenvalue weighted by Crippen LogP contribution is 2.35. The van der Waals surface area contributed by atoms with Crippen LogP contribution in [0.2, 0.25) is 0 Å². The molecule has 0 saturated heterocycles. The Bertz CT molecular complexity index is 806. The van der Waals surface area contributed by atoms with Crippen molar-refractivity contribution in [2.75, 3.05) is 0 Å². The zero-order valence-corrected chi connectivity index (χ0v) is 10.6. The zero-order chi connectivity index (χ0) is 13.6. The molecule has 2 heterocycles. The van der Waals surface area contributed by atoms with Crippen molar-refractivity contribution >= 4 is 17.0 Å². The van der Waals surface area contributed by atoms with Crippen molar-refractivity contribution < 1.29 is 9.15 Å². The SMILES string of the molecule is CC1(C)C=Cc2c(ccc3cc(C#N)c(=O)oc23)O1. The first kappa shape index (κ1) is 11.5. The van der Waals surface area contributed by atoms with Crippen molar-refractivity contribution in [3.63, 3.8) is 0 Å².